The van der Waals surface area contributed by atoms with Crippen LogP contribution in [-0.2, 0) is 6.18 Å². The zero-order valence-electron chi connectivity index (χ0n) is 14.4. The Hall–Kier alpha value is -2.63. The van der Waals surface area contributed by atoms with Crippen molar-refractivity contribution in [2.24, 2.45) is 0 Å². The predicted molar refractivity (Wildman–Crippen MR) is 91.5 cm³/mol. The van der Waals surface area contributed by atoms with Gasteiger partial charge in [0, 0.05) is 31.5 Å². The third kappa shape index (κ3) is 3.81. The van der Waals surface area contributed by atoms with Gasteiger partial charge in [0.25, 0.3) is 5.91 Å². The van der Waals surface area contributed by atoms with Crippen molar-refractivity contribution >= 4 is 33.6 Å². The number of aromatic nitrogens is 1. The minimum atomic E-state index is -4.73. The number of carbonyl (C=O) groups excluding carboxylic acids is 1. The van der Waals surface area contributed by atoms with Crippen LogP contribution in [0.1, 0.15) is 22.3 Å². The Kier molecular flexibility index (Phi) is 5.33. The third-order valence-electron chi connectivity index (χ3n) is 4.30. The zero-order chi connectivity index (χ0) is 20.6. The van der Waals surface area contributed by atoms with E-state index in [1.165, 1.54) is 12.4 Å². The Morgan fingerprint density at radius 2 is 2.14 bits per heavy atom. The van der Waals surface area contributed by atoms with Crippen LogP contribution in [-0.4, -0.2) is 59.4 Å². The van der Waals surface area contributed by atoms with Crippen LogP contribution in [0.25, 0.3) is 10.2 Å². The summed E-state index contributed by atoms with van der Waals surface area (Å²) in [4.78, 5) is 27.7. The summed E-state index contributed by atoms with van der Waals surface area (Å²) in [6.07, 6.45) is -8.93. The number of amides is 2. The van der Waals surface area contributed by atoms with E-state index in [1.807, 2.05) is 0 Å². The van der Waals surface area contributed by atoms with Crippen molar-refractivity contribution in [1.29, 1.82) is 0 Å². The second kappa shape index (κ2) is 7.41. The first-order chi connectivity index (χ1) is 13.1. The van der Waals surface area contributed by atoms with Crippen LogP contribution in [0.2, 0.25) is 0 Å². The number of rotatable bonds is 3. The van der Waals surface area contributed by atoms with E-state index < -0.39 is 48.4 Å². The summed E-state index contributed by atoms with van der Waals surface area (Å²) < 4.78 is 59.8. The first kappa shape index (κ1) is 20.1. The second-order valence-corrected chi connectivity index (χ2v) is 6.98. The number of thiophene rings is 1. The smallest absolute Gasteiger partial charge is 0.418 e. The van der Waals surface area contributed by atoms with Crippen LogP contribution in [0, 0.1) is 0 Å². The molecule has 0 unspecified atom stereocenters. The molecule has 3 heterocycles. The number of nitrogens with zero attached hydrogens (tertiary/aromatic N) is 2. The highest BCUT2D eigenvalue weighted by Crippen LogP contribution is 2.40. The molecule has 2 N–H and O–H groups in total. The van der Waals surface area contributed by atoms with E-state index in [9.17, 15) is 27.2 Å². The van der Waals surface area contributed by atoms with Gasteiger partial charge in [0.1, 0.15) is 6.10 Å². The number of likely N-dealkylation sites (tertiary alicyclic amines) is 1. The molecule has 1 aliphatic rings. The van der Waals surface area contributed by atoms with E-state index in [-0.39, 0.29) is 28.7 Å². The lowest BCUT2D eigenvalue weighted by Gasteiger charge is -2.32. The number of alkyl halides is 4. The van der Waals surface area contributed by atoms with Gasteiger partial charge in [0.2, 0.25) is 5.88 Å². The van der Waals surface area contributed by atoms with Gasteiger partial charge in [-0.25, -0.2) is 14.2 Å². The topological polar surface area (TPSA) is 91.8 Å². The highest BCUT2D eigenvalue weighted by atomic mass is 32.1. The Morgan fingerprint density at radius 3 is 2.71 bits per heavy atom. The molecule has 28 heavy (non-hydrogen) atoms. The van der Waals surface area contributed by atoms with Crippen LogP contribution in [0.3, 0.4) is 0 Å². The average molecular weight is 421 g/mol. The number of pyridine rings is 1. The van der Waals surface area contributed by atoms with Gasteiger partial charge in [-0.1, -0.05) is 0 Å². The van der Waals surface area contributed by atoms with Crippen molar-refractivity contribution in [3.8, 4) is 5.88 Å². The summed E-state index contributed by atoms with van der Waals surface area (Å²) >= 11 is 0.725. The molecule has 7 nitrogen and oxygen atoms in total. The van der Waals surface area contributed by atoms with Crippen molar-refractivity contribution in [2.45, 2.75) is 24.9 Å². The quantitative estimate of drug-likeness (QED) is 0.743. The van der Waals surface area contributed by atoms with E-state index in [4.69, 9.17) is 9.84 Å². The maximum absolute atomic E-state index is 14.3. The van der Waals surface area contributed by atoms with Gasteiger partial charge >= 0.3 is 12.3 Å². The summed E-state index contributed by atoms with van der Waals surface area (Å²) in [5.41, 5.74) is -1.27. The summed E-state index contributed by atoms with van der Waals surface area (Å²) in [5.74, 6) is -1.08. The molecule has 0 saturated carbocycles. The molecular weight excluding hydrogens is 406 g/mol. The Labute approximate surface area is 159 Å². The van der Waals surface area contributed by atoms with Gasteiger partial charge < -0.3 is 20.1 Å². The van der Waals surface area contributed by atoms with Gasteiger partial charge in [0.15, 0.2) is 6.17 Å². The molecule has 0 aliphatic carbocycles. The fourth-order valence-electron chi connectivity index (χ4n) is 2.90. The van der Waals surface area contributed by atoms with Crippen LogP contribution in [0.15, 0.2) is 11.4 Å². The number of hydrogen-bond donors (Lipinski definition) is 2. The SMILES string of the molecule is CNC(=O)c1csc2c(C(F)(F)F)cc(O[C@H]3CCN(C(=O)O)C[C@@H]3F)nc12. The molecule has 12 heteroatoms. The molecule has 2 atom stereocenters. The van der Waals surface area contributed by atoms with E-state index in [2.05, 4.69) is 10.3 Å². The lowest BCUT2D eigenvalue weighted by atomic mass is 10.1. The molecule has 1 aliphatic heterocycles. The molecule has 152 valence electrons. The van der Waals surface area contributed by atoms with Crippen LogP contribution in [0.4, 0.5) is 22.4 Å². The fourth-order valence-corrected chi connectivity index (χ4v) is 3.92. The molecule has 2 aromatic rings. The number of ether oxygens (including phenoxy) is 1. The molecule has 0 aromatic carbocycles. The lowest BCUT2D eigenvalue weighted by Crippen LogP contribution is -2.48. The molecule has 3 rings (SSSR count). The first-order valence-electron chi connectivity index (χ1n) is 8.12. The number of hydrogen-bond acceptors (Lipinski definition) is 5. The largest absolute Gasteiger partial charge is 0.471 e. The minimum absolute atomic E-state index is 0.0171. The molecule has 0 bridgehead atoms. The molecule has 1 saturated heterocycles. The van der Waals surface area contributed by atoms with Gasteiger partial charge in [-0.05, 0) is 0 Å². The zero-order valence-corrected chi connectivity index (χ0v) is 15.2. The highest BCUT2D eigenvalue weighted by molar-refractivity contribution is 7.17. The van der Waals surface area contributed by atoms with Crippen molar-refractivity contribution in [3.05, 3.63) is 22.6 Å². The van der Waals surface area contributed by atoms with Gasteiger partial charge in [-0.3, -0.25) is 4.79 Å². The number of nitrogens with one attached hydrogen (secondary N) is 1. The maximum atomic E-state index is 14.3. The van der Waals surface area contributed by atoms with Crippen molar-refractivity contribution in [1.82, 2.24) is 15.2 Å². The summed E-state index contributed by atoms with van der Waals surface area (Å²) in [5, 5.41) is 12.5. The molecule has 0 spiro atoms. The predicted octanol–water partition coefficient (Wildman–Crippen LogP) is 3.14. The summed E-state index contributed by atoms with van der Waals surface area (Å²) in [6, 6.07) is 0.669. The molecule has 1 fully saturated rings. The lowest BCUT2D eigenvalue weighted by molar-refractivity contribution is -0.136. The van der Waals surface area contributed by atoms with Gasteiger partial charge in [-0.15, -0.1) is 11.3 Å². The number of carbonyl (C=O) groups is 2. The summed E-state index contributed by atoms with van der Waals surface area (Å²) in [6.45, 7) is -0.465. The molecule has 0 radical (unpaired) electrons. The molecule has 2 amide bonds. The average Bonchev–Trinajstić information content (AvgIpc) is 3.04. The Bertz CT molecular complexity index is 917. The monoisotopic (exact) mass is 421 g/mol. The normalized spacial score (nSPS) is 20.2. The first-order valence-corrected chi connectivity index (χ1v) is 9.00. The van der Waals surface area contributed by atoms with Gasteiger partial charge in [-0.2, -0.15) is 13.2 Å². The van der Waals surface area contributed by atoms with Crippen molar-refractivity contribution < 1.29 is 37.0 Å². The summed E-state index contributed by atoms with van der Waals surface area (Å²) in [7, 11) is 1.33. The van der Waals surface area contributed by atoms with Crippen LogP contribution >= 0.6 is 11.3 Å². The van der Waals surface area contributed by atoms with E-state index >= 15 is 0 Å². The molecular formula is C16H15F4N3O4S. The van der Waals surface area contributed by atoms with Gasteiger partial charge in [0.05, 0.1) is 27.9 Å². The second-order valence-electron chi connectivity index (χ2n) is 6.10. The van der Waals surface area contributed by atoms with E-state index in [0.717, 1.165) is 16.2 Å². The maximum Gasteiger partial charge on any atom is 0.418 e. The number of piperidine rings is 1. The number of fused-ring (bicyclic) bond motifs is 1. The standard InChI is InChI=1S/C16H15F4N3O4S/c1-21-14(24)7-6-28-13-8(16(18,19)20)4-11(22-12(7)13)27-10-2-3-23(15(25)26)5-9(10)17/h4,6,9-10H,2-3,5H2,1H3,(H,21,24)(H,25,26)/t9-,10-/m0/s1. The fraction of sp³-hybridized carbons (Fsp3) is 0.438. The Morgan fingerprint density at radius 1 is 1.43 bits per heavy atom. The molecule has 2 aromatic heterocycles. The van der Waals surface area contributed by atoms with E-state index in [1.54, 1.807) is 0 Å². The van der Waals surface area contributed by atoms with Crippen molar-refractivity contribution in [2.75, 3.05) is 20.1 Å². The van der Waals surface area contributed by atoms with Crippen molar-refractivity contribution in [3.63, 3.8) is 0 Å². The third-order valence-corrected chi connectivity index (χ3v) is 5.30. The Balaban J connectivity index is 1.97. The highest BCUT2D eigenvalue weighted by Gasteiger charge is 2.37. The van der Waals surface area contributed by atoms with Crippen LogP contribution in [0.5, 0.6) is 5.88 Å². The minimum Gasteiger partial charge on any atom is -0.471 e. The number of carboxylic acid groups (broad SMARTS) is 1. The van der Waals surface area contributed by atoms with E-state index in [0.29, 0.717) is 6.07 Å². The number of halogens is 4. The van der Waals surface area contributed by atoms with Crippen LogP contribution < -0.4 is 10.1 Å².